The van der Waals surface area contributed by atoms with E-state index in [0.717, 1.165) is 21.0 Å². The van der Waals surface area contributed by atoms with Gasteiger partial charge in [-0.05, 0) is 35.1 Å². The van der Waals surface area contributed by atoms with Crippen LogP contribution in [0.3, 0.4) is 0 Å². The van der Waals surface area contributed by atoms with Crippen molar-refractivity contribution in [3.05, 3.63) is 46.4 Å². The molecule has 4 nitrogen and oxygen atoms in total. The Hall–Kier alpha value is -1.53. The Morgan fingerprint density at radius 1 is 1.27 bits per heavy atom. The van der Waals surface area contributed by atoms with Crippen molar-refractivity contribution in [1.29, 1.82) is 0 Å². The summed E-state index contributed by atoms with van der Waals surface area (Å²) in [5.74, 6) is -0.168. The van der Waals surface area contributed by atoms with Gasteiger partial charge in [0.25, 0.3) is 5.91 Å². The maximum atomic E-state index is 12.7. The summed E-state index contributed by atoms with van der Waals surface area (Å²) >= 11 is 4.95. The van der Waals surface area contributed by atoms with E-state index in [9.17, 15) is 14.7 Å². The molecule has 0 saturated carbocycles. The third-order valence-corrected chi connectivity index (χ3v) is 5.50. The molecule has 2 aromatic rings. The molecule has 3 rings (SSSR count). The lowest BCUT2D eigenvalue weighted by Crippen LogP contribution is -2.54. The van der Waals surface area contributed by atoms with Gasteiger partial charge >= 0.3 is 5.97 Å². The van der Waals surface area contributed by atoms with Crippen LogP contribution in [0, 0.1) is 0 Å². The summed E-state index contributed by atoms with van der Waals surface area (Å²) in [6, 6.07) is 11.2. The van der Waals surface area contributed by atoms with Crippen molar-refractivity contribution in [2.75, 3.05) is 11.5 Å². The highest BCUT2D eigenvalue weighted by molar-refractivity contribution is 9.10. The summed E-state index contributed by atoms with van der Waals surface area (Å²) in [6.07, 6.45) is 0.449. The first-order chi connectivity index (χ1) is 10.5. The van der Waals surface area contributed by atoms with Gasteiger partial charge in [0.1, 0.15) is 5.54 Å². The highest BCUT2D eigenvalue weighted by atomic mass is 79.9. The van der Waals surface area contributed by atoms with Crippen LogP contribution in [0.2, 0.25) is 0 Å². The van der Waals surface area contributed by atoms with Gasteiger partial charge in [-0.2, -0.15) is 11.8 Å². The number of benzene rings is 2. The molecule has 2 N–H and O–H groups in total. The molecule has 0 bridgehead atoms. The summed E-state index contributed by atoms with van der Waals surface area (Å²) in [5, 5.41) is 14.0. The summed E-state index contributed by atoms with van der Waals surface area (Å²) in [5.41, 5.74) is -0.673. The van der Waals surface area contributed by atoms with Crippen molar-refractivity contribution in [2.45, 2.75) is 12.0 Å². The number of carboxylic acids is 1. The molecule has 1 aliphatic heterocycles. The third kappa shape index (κ3) is 2.73. The van der Waals surface area contributed by atoms with Crippen molar-refractivity contribution in [1.82, 2.24) is 5.32 Å². The lowest BCUT2D eigenvalue weighted by molar-refractivity contribution is -0.143. The summed E-state index contributed by atoms with van der Waals surface area (Å²) in [4.78, 5) is 24.3. The van der Waals surface area contributed by atoms with Crippen LogP contribution in [-0.4, -0.2) is 34.0 Å². The molecule has 0 spiro atoms. The van der Waals surface area contributed by atoms with Gasteiger partial charge in [-0.3, -0.25) is 4.79 Å². The van der Waals surface area contributed by atoms with Crippen LogP contribution in [0.25, 0.3) is 10.8 Å². The maximum absolute atomic E-state index is 12.7. The smallest absolute Gasteiger partial charge is 0.330 e. The van der Waals surface area contributed by atoms with Crippen LogP contribution < -0.4 is 5.32 Å². The maximum Gasteiger partial charge on any atom is 0.330 e. The molecule has 1 atom stereocenters. The molecule has 1 unspecified atom stereocenters. The molecule has 1 aliphatic rings. The fraction of sp³-hybridized carbons (Fsp3) is 0.250. The van der Waals surface area contributed by atoms with Gasteiger partial charge in [-0.15, -0.1) is 0 Å². The average molecular weight is 380 g/mol. The number of hydrogen-bond acceptors (Lipinski definition) is 3. The monoisotopic (exact) mass is 379 g/mol. The van der Waals surface area contributed by atoms with E-state index >= 15 is 0 Å². The fourth-order valence-electron chi connectivity index (χ4n) is 2.63. The summed E-state index contributed by atoms with van der Waals surface area (Å²) in [6.45, 7) is 0. The van der Waals surface area contributed by atoms with Crippen LogP contribution in [-0.2, 0) is 4.79 Å². The molecule has 1 amide bonds. The standard InChI is InChI=1S/C16H14BrNO3S/c17-11-7-10-3-1-2-4-12(10)13(8-11)14(19)18-16(15(20)21)5-6-22-9-16/h1-4,7-8H,5-6,9H2,(H,18,19)(H,20,21). The second-order valence-electron chi connectivity index (χ2n) is 5.32. The van der Waals surface area contributed by atoms with Crippen LogP contribution >= 0.6 is 27.7 Å². The minimum absolute atomic E-state index is 0.345. The Labute approximate surface area is 140 Å². The average Bonchev–Trinajstić information content (AvgIpc) is 2.96. The molecular formula is C16H14BrNO3S. The quantitative estimate of drug-likeness (QED) is 0.858. The predicted octanol–water partition coefficient (Wildman–Crippen LogP) is 3.29. The van der Waals surface area contributed by atoms with E-state index in [0.29, 0.717) is 17.7 Å². The fourth-order valence-corrected chi connectivity index (χ4v) is 4.43. The van der Waals surface area contributed by atoms with Gasteiger partial charge < -0.3 is 10.4 Å². The first kappa shape index (κ1) is 15.4. The lowest BCUT2D eigenvalue weighted by atomic mass is 9.97. The number of hydrogen-bond donors (Lipinski definition) is 2. The topological polar surface area (TPSA) is 66.4 Å². The van der Waals surface area contributed by atoms with E-state index in [-0.39, 0.29) is 5.91 Å². The van der Waals surface area contributed by atoms with E-state index in [1.807, 2.05) is 30.3 Å². The van der Waals surface area contributed by atoms with Crippen molar-refractivity contribution >= 4 is 50.3 Å². The largest absolute Gasteiger partial charge is 0.479 e. The Morgan fingerprint density at radius 3 is 2.73 bits per heavy atom. The molecule has 22 heavy (non-hydrogen) atoms. The Morgan fingerprint density at radius 2 is 2.05 bits per heavy atom. The molecule has 1 saturated heterocycles. The molecule has 0 aromatic heterocycles. The van der Waals surface area contributed by atoms with Gasteiger partial charge in [0.2, 0.25) is 0 Å². The number of halogens is 1. The Kier molecular flexibility index (Phi) is 4.14. The molecule has 1 heterocycles. The van der Waals surface area contributed by atoms with Gasteiger partial charge in [-0.25, -0.2) is 4.79 Å². The number of carbonyl (C=O) groups excluding carboxylic acids is 1. The minimum Gasteiger partial charge on any atom is -0.479 e. The minimum atomic E-state index is -1.16. The van der Waals surface area contributed by atoms with Crippen LogP contribution in [0.4, 0.5) is 0 Å². The van der Waals surface area contributed by atoms with Gasteiger partial charge in [0.15, 0.2) is 0 Å². The third-order valence-electron chi connectivity index (χ3n) is 3.86. The number of aliphatic carboxylic acids is 1. The van der Waals surface area contributed by atoms with Crippen molar-refractivity contribution in [3.8, 4) is 0 Å². The van der Waals surface area contributed by atoms with Crippen molar-refractivity contribution in [3.63, 3.8) is 0 Å². The highest BCUT2D eigenvalue weighted by Gasteiger charge is 2.43. The number of rotatable bonds is 3. The van der Waals surface area contributed by atoms with Gasteiger partial charge in [0, 0.05) is 15.8 Å². The van der Waals surface area contributed by atoms with E-state index in [4.69, 9.17) is 0 Å². The zero-order chi connectivity index (χ0) is 15.7. The first-order valence-corrected chi connectivity index (χ1v) is 8.79. The van der Waals surface area contributed by atoms with E-state index in [1.54, 1.807) is 17.8 Å². The normalized spacial score (nSPS) is 21.0. The number of amides is 1. The van der Waals surface area contributed by atoms with Crippen molar-refractivity contribution in [2.24, 2.45) is 0 Å². The van der Waals surface area contributed by atoms with Crippen molar-refractivity contribution < 1.29 is 14.7 Å². The molecule has 0 radical (unpaired) electrons. The SMILES string of the molecule is O=C(NC1(C(=O)O)CCSC1)c1cc(Br)cc2ccccc12. The summed E-state index contributed by atoms with van der Waals surface area (Å²) in [7, 11) is 0. The first-order valence-electron chi connectivity index (χ1n) is 6.84. The number of carboxylic acid groups (broad SMARTS) is 1. The second kappa shape index (κ2) is 5.93. The van der Waals surface area contributed by atoms with E-state index < -0.39 is 11.5 Å². The van der Waals surface area contributed by atoms with E-state index in [2.05, 4.69) is 21.2 Å². The second-order valence-corrected chi connectivity index (χ2v) is 7.34. The molecule has 0 aliphatic carbocycles. The lowest BCUT2D eigenvalue weighted by Gasteiger charge is -2.25. The molecule has 6 heteroatoms. The number of fused-ring (bicyclic) bond motifs is 1. The van der Waals surface area contributed by atoms with Crippen LogP contribution in [0.15, 0.2) is 40.9 Å². The number of thioether (sulfide) groups is 1. The van der Waals surface area contributed by atoms with Crippen LogP contribution in [0.1, 0.15) is 16.8 Å². The molecular weight excluding hydrogens is 366 g/mol. The van der Waals surface area contributed by atoms with Gasteiger partial charge in [-0.1, -0.05) is 40.2 Å². The number of nitrogens with one attached hydrogen (secondary N) is 1. The van der Waals surface area contributed by atoms with E-state index in [1.165, 1.54) is 0 Å². The zero-order valence-corrected chi connectivity index (χ0v) is 14.0. The summed E-state index contributed by atoms with van der Waals surface area (Å²) < 4.78 is 0.793. The Balaban J connectivity index is 2.00. The zero-order valence-electron chi connectivity index (χ0n) is 11.6. The molecule has 114 valence electrons. The Bertz CT molecular complexity index is 756. The predicted molar refractivity (Wildman–Crippen MR) is 91.4 cm³/mol. The highest BCUT2D eigenvalue weighted by Crippen LogP contribution is 2.30. The van der Waals surface area contributed by atoms with Gasteiger partial charge in [0.05, 0.1) is 0 Å². The number of carbonyl (C=O) groups is 2. The molecule has 2 aromatic carbocycles. The molecule has 1 fully saturated rings. The van der Waals surface area contributed by atoms with Crippen LogP contribution in [0.5, 0.6) is 0 Å².